The number of halogens is 3. The first-order chi connectivity index (χ1) is 13.7. The molecule has 0 saturated carbocycles. The second-order valence-corrected chi connectivity index (χ2v) is 8.06. The third-order valence-corrected chi connectivity index (χ3v) is 5.99. The van der Waals surface area contributed by atoms with Gasteiger partial charge in [0.25, 0.3) is 0 Å². The predicted molar refractivity (Wildman–Crippen MR) is 111 cm³/mol. The van der Waals surface area contributed by atoms with Gasteiger partial charge in [-0.1, -0.05) is 36.0 Å². The van der Waals surface area contributed by atoms with Crippen molar-refractivity contribution in [3.8, 4) is 0 Å². The molecule has 29 heavy (non-hydrogen) atoms. The maximum Gasteiger partial charge on any atom is 0.416 e. The molecule has 2 aromatic carbocycles. The van der Waals surface area contributed by atoms with Gasteiger partial charge < -0.3 is 21.3 Å². The fourth-order valence-electron chi connectivity index (χ4n) is 3.65. The highest BCUT2D eigenvalue weighted by Gasteiger charge is 2.40. The van der Waals surface area contributed by atoms with Gasteiger partial charge in [0.15, 0.2) is 0 Å². The quantitative estimate of drug-likeness (QED) is 0.766. The van der Waals surface area contributed by atoms with E-state index in [1.54, 1.807) is 6.07 Å². The molecular weight excluding hydrogens is 399 g/mol. The van der Waals surface area contributed by atoms with Gasteiger partial charge in [-0.15, -0.1) is 0 Å². The Hall–Kier alpha value is -2.49. The van der Waals surface area contributed by atoms with Crippen LogP contribution in [0.1, 0.15) is 16.7 Å². The summed E-state index contributed by atoms with van der Waals surface area (Å²) in [6.07, 6.45) is -3.70. The molecule has 0 saturated heterocycles. The third-order valence-electron chi connectivity index (χ3n) is 5.00. The van der Waals surface area contributed by atoms with E-state index in [0.29, 0.717) is 16.4 Å². The van der Waals surface area contributed by atoms with Gasteiger partial charge in [-0.25, -0.2) is 4.99 Å². The van der Waals surface area contributed by atoms with Crippen molar-refractivity contribution in [1.29, 1.82) is 0 Å². The Labute approximate surface area is 170 Å². The number of nitrogens with zero attached hydrogens (tertiary/aromatic N) is 3. The largest absolute Gasteiger partial charge is 0.416 e. The SMILES string of the molecule is Cc1cccc(C)c1N1C2=C(N=CN(c3cccc(C(F)(F)F)c3)C2N)SC1N. The van der Waals surface area contributed by atoms with Gasteiger partial charge >= 0.3 is 6.18 Å². The first kappa shape index (κ1) is 19.8. The van der Waals surface area contributed by atoms with Gasteiger partial charge in [-0.3, -0.25) is 0 Å². The number of anilines is 2. The third kappa shape index (κ3) is 3.39. The molecule has 0 amide bonds. The number of alkyl halides is 3. The average Bonchev–Trinajstić information content (AvgIpc) is 2.98. The van der Waals surface area contributed by atoms with E-state index < -0.39 is 23.4 Å². The lowest BCUT2D eigenvalue weighted by molar-refractivity contribution is -0.137. The molecule has 0 aliphatic carbocycles. The number of aliphatic imine (C=N–C) groups is 1. The highest BCUT2D eigenvalue weighted by molar-refractivity contribution is 8.04. The molecule has 0 fully saturated rings. The molecule has 0 spiro atoms. The molecule has 2 unspecified atom stereocenters. The van der Waals surface area contributed by atoms with Gasteiger partial charge in [-0.05, 0) is 43.2 Å². The number of para-hydroxylation sites is 1. The van der Waals surface area contributed by atoms with Crippen LogP contribution in [0.25, 0.3) is 0 Å². The van der Waals surface area contributed by atoms with Gasteiger partial charge in [0.1, 0.15) is 16.7 Å². The lowest BCUT2D eigenvalue weighted by atomic mass is 10.1. The minimum atomic E-state index is -4.44. The molecule has 4 rings (SSSR count). The summed E-state index contributed by atoms with van der Waals surface area (Å²) in [6, 6.07) is 11.0. The summed E-state index contributed by atoms with van der Waals surface area (Å²) < 4.78 is 39.4. The van der Waals surface area contributed by atoms with E-state index in [4.69, 9.17) is 11.5 Å². The van der Waals surface area contributed by atoms with E-state index in [9.17, 15) is 13.2 Å². The van der Waals surface area contributed by atoms with Crippen LogP contribution in [0.4, 0.5) is 24.5 Å². The van der Waals surface area contributed by atoms with E-state index in [1.165, 1.54) is 29.1 Å². The maximum absolute atomic E-state index is 13.1. The van der Waals surface area contributed by atoms with Crippen molar-refractivity contribution < 1.29 is 13.2 Å². The van der Waals surface area contributed by atoms with Crippen LogP contribution in [-0.2, 0) is 6.18 Å². The van der Waals surface area contributed by atoms with Crippen LogP contribution in [0.5, 0.6) is 0 Å². The highest BCUT2D eigenvalue weighted by Crippen LogP contribution is 2.45. The van der Waals surface area contributed by atoms with E-state index in [2.05, 4.69) is 4.99 Å². The van der Waals surface area contributed by atoms with Crippen LogP contribution >= 0.6 is 11.8 Å². The zero-order valence-corrected chi connectivity index (χ0v) is 16.6. The Morgan fingerprint density at radius 1 is 1.03 bits per heavy atom. The first-order valence-electron chi connectivity index (χ1n) is 8.95. The van der Waals surface area contributed by atoms with Crippen LogP contribution in [-0.4, -0.2) is 18.0 Å². The lowest BCUT2D eigenvalue weighted by Gasteiger charge is -2.37. The van der Waals surface area contributed by atoms with Gasteiger partial charge in [0.05, 0.1) is 17.6 Å². The Kier molecular flexibility index (Phi) is 4.84. The molecule has 2 atom stereocenters. The van der Waals surface area contributed by atoms with Crippen molar-refractivity contribution in [2.75, 3.05) is 9.80 Å². The topological polar surface area (TPSA) is 70.9 Å². The van der Waals surface area contributed by atoms with E-state index in [1.807, 2.05) is 36.9 Å². The molecule has 9 heteroatoms. The molecular formula is C20H20F3N5S. The fourth-order valence-corrected chi connectivity index (χ4v) is 4.66. The Morgan fingerprint density at radius 3 is 2.34 bits per heavy atom. The van der Waals surface area contributed by atoms with Crippen molar-refractivity contribution >= 4 is 29.5 Å². The molecule has 0 radical (unpaired) electrons. The minimum absolute atomic E-state index is 0.314. The zero-order chi connectivity index (χ0) is 20.9. The number of hydrogen-bond donors (Lipinski definition) is 2. The van der Waals surface area contributed by atoms with Crippen LogP contribution < -0.4 is 21.3 Å². The van der Waals surface area contributed by atoms with E-state index in [-0.39, 0.29) is 0 Å². The van der Waals surface area contributed by atoms with E-state index in [0.717, 1.165) is 28.9 Å². The Balaban J connectivity index is 1.75. The summed E-state index contributed by atoms with van der Waals surface area (Å²) in [5.74, 6) is 0. The fraction of sp³-hybridized carbons (Fsp3) is 0.250. The standard InChI is InChI=1S/C20H20F3N5S/c1-11-5-3-6-12(2)15(11)28-16-17(24)27(10-26-18(16)29-19(28)25)14-8-4-7-13(9-14)20(21,22)23/h3-10,17,19H,24-25H2,1-2H3. The summed E-state index contributed by atoms with van der Waals surface area (Å²) >= 11 is 1.38. The minimum Gasteiger partial charge on any atom is -0.314 e. The molecule has 2 aliphatic rings. The molecule has 2 aliphatic heterocycles. The zero-order valence-electron chi connectivity index (χ0n) is 15.8. The normalized spacial score (nSPS) is 21.8. The van der Waals surface area contributed by atoms with E-state index >= 15 is 0 Å². The van der Waals surface area contributed by atoms with Crippen LogP contribution in [0.3, 0.4) is 0 Å². The van der Waals surface area contributed by atoms with Crippen LogP contribution in [0.15, 0.2) is 58.2 Å². The van der Waals surface area contributed by atoms with Crippen molar-refractivity contribution in [2.45, 2.75) is 31.7 Å². The molecule has 4 N–H and O–H groups in total. The second-order valence-electron chi connectivity index (χ2n) is 6.95. The van der Waals surface area contributed by atoms with Crippen molar-refractivity contribution in [3.05, 3.63) is 69.9 Å². The smallest absolute Gasteiger partial charge is 0.314 e. The second kappa shape index (κ2) is 7.08. The predicted octanol–water partition coefficient (Wildman–Crippen LogP) is 4.12. The van der Waals surface area contributed by atoms with Crippen LogP contribution in [0.2, 0.25) is 0 Å². The average molecular weight is 419 g/mol. The first-order valence-corrected chi connectivity index (χ1v) is 9.83. The molecule has 5 nitrogen and oxygen atoms in total. The number of benzene rings is 2. The number of rotatable bonds is 2. The summed E-state index contributed by atoms with van der Waals surface area (Å²) in [5.41, 5.74) is 15.7. The molecule has 0 aromatic heterocycles. The van der Waals surface area contributed by atoms with Crippen LogP contribution in [0, 0.1) is 13.8 Å². The van der Waals surface area contributed by atoms with Crippen molar-refractivity contribution in [3.63, 3.8) is 0 Å². The summed E-state index contributed by atoms with van der Waals surface area (Å²) in [6.45, 7) is 3.97. The monoisotopic (exact) mass is 419 g/mol. The van der Waals surface area contributed by atoms with Gasteiger partial charge in [-0.2, -0.15) is 13.2 Å². The Morgan fingerprint density at radius 2 is 1.69 bits per heavy atom. The molecule has 0 bridgehead atoms. The number of aryl methyl sites for hydroxylation is 2. The van der Waals surface area contributed by atoms with Gasteiger partial charge in [0, 0.05) is 11.4 Å². The molecule has 2 heterocycles. The summed E-state index contributed by atoms with van der Waals surface area (Å²) in [5, 5.41) is 0.677. The lowest BCUT2D eigenvalue weighted by Crippen LogP contribution is -2.51. The Bertz CT molecular complexity index is 997. The number of nitrogens with two attached hydrogens (primary N) is 2. The maximum atomic E-state index is 13.1. The van der Waals surface area contributed by atoms with Gasteiger partial charge in [0.2, 0.25) is 0 Å². The molecule has 2 aromatic rings. The van der Waals surface area contributed by atoms with Crippen molar-refractivity contribution in [2.24, 2.45) is 16.5 Å². The summed E-state index contributed by atoms with van der Waals surface area (Å²) in [7, 11) is 0. The number of thioether (sulfide) groups is 1. The number of hydrogen-bond acceptors (Lipinski definition) is 6. The highest BCUT2D eigenvalue weighted by atomic mass is 32.2. The summed E-state index contributed by atoms with van der Waals surface area (Å²) in [4.78, 5) is 7.91. The molecule has 152 valence electrons. The van der Waals surface area contributed by atoms with Crippen molar-refractivity contribution in [1.82, 2.24) is 0 Å².